The molecule has 1 amide bonds. The smallest absolute Gasteiger partial charge is 0.335 e. The SMILES string of the molecule is CCCOc1ccc(C(=O)NCc2cc(-c3cc(C(=O)O)ccc3Cl)ccc2OCCC)c(Cl)c1. The van der Waals surface area contributed by atoms with E-state index >= 15 is 0 Å². The minimum atomic E-state index is -1.04. The van der Waals surface area contributed by atoms with Gasteiger partial charge in [0.25, 0.3) is 5.91 Å². The third kappa shape index (κ3) is 6.90. The summed E-state index contributed by atoms with van der Waals surface area (Å²) >= 11 is 12.7. The molecule has 8 heteroatoms. The summed E-state index contributed by atoms with van der Waals surface area (Å²) in [7, 11) is 0. The van der Waals surface area contributed by atoms with Gasteiger partial charge in [0, 0.05) is 22.7 Å². The van der Waals surface area contributed by atoms with Crippen molar-refractivity contribution >= 4 is 35.1 Å². The van der Waals surface area contributed by atoms with E-state index in [0.717, 1.165) is 18.4 Å². The van der Waals surface area contributed by atoms with Crippen molar-refractivity contribution in [3.05, 3.63) is 81.3 Å². The Balaban J connectivity index is 1.86. The van der Waals surface area contributed by atoms with Crippen LogP contribution >= 0.6 is 23.2 Å². The van der Waals surface area contributed by atoms with Crippen LogP contribution in [0.5, 0.6) is 11.5 Å². The molecular formula is C27H27Cl2NO5. The van der Waals surface area contributed by atoms with Crippen LogP contribution in [0.15, 0.2) is 54.6 Å². The molecule has 0 atom stereocenters. The second kappa shape index (κ2) is 12.5. The number of carboxylic acids is 1. The van der Waals surface area contributed by atoms with Crippen molar-refractivity contribution in [2.75, 3.05) is 13.2 Å². The Kier molecular flexibility index (Phi) is 9.40. The Bertz CT molecular complexity index is 1210. The fourth-order valence-corrected chi connectivity index (χ4v) is 3.86. The first kappa shape index (κ1) is 26.4. The van der Waals surface area contributed by atoms with Crippen LogP contribution in [0.3, 0.4) is 0 Å². The van der Waals surface area contributed by atoms with Crippen LogP contribution in [0.1, 0.15) is 53.0 Å². The molecule has 0 unspecified atom stereocenters. The molecule has 0 aliphatic heterocycles. The van der Waals surface area contributed by atoms with Gasteiger partial charge in [-0.15, -0.1) is 0 Å². The molecular weight excluding hydrogens is 489 g/mol. The van der Waals surface area contributed by atoms with Crippen LogP contribution in [0.25, 0.3) is 11.1 Å². The molecule has 0 aromatic heterocycles. The molecule has 6 nitrogen and oxygen atoms in total. The van der Waals surface area contributed by atoms with Gasteiger partial charge in [-0.25, -0.2) is 4.79 Å². The number of aromatic carboxylic acids is 1. The number of carbonyl (C=O) groups excluding carboxylic acids is 1. The number of hydrogen-bond acceptors (Lipinski definition) is 4. The zero-order valence-corrected chi connectivity index (χ0v) is 21.1. The molecule has 3 rings (SSSR count). The average molecular weight is 516 g/mol. The van der Waals surface area contributed by atoms with Gasteiger partial charge in [-0.05, 0) is 66.9 Å². The lowest BCUT2D eigenvalue weighted by atomic mass is 10.00. The first-order valence-electron chi connectivity index (χ1n) is 11.3. The molecule has 0 fully saturated rings. The number of hydrogen-bond donors (Lipinski definition) is 2. The maximum atomic E-state index is 12.9. The molecule has 0 radical (unpaired) electrons. The van der Waals surface area contributed by atoms with Crippen LogP contribution < -0.4 is 14.8 Å². The van der Waals surface area contributed by atoms with Crippen LogP contribution in [0, 0.1) is 0 Å². The molecule has 0 saturated heterocycles. The number of amides is 1. The standard InChI is InChI=1S/C27H27Cl2NO5/c1-3-11-34-20-7-8-21(24(29)15-20)26(31)30-16-19-13-17(6-10-25(19)35-12-4-2)22-14-18(27(32)33)5-9-23(22)28/h5-10,13-15H,3-4,11-12,16H2,1-2H3,(H,30,31)(H,32,33). The van der Waals surface area contributed by atoms with Gasteiger partial charge in [-0.3, -0.25) is 4.79 Å². The molecule has 3 aromatic rings. The predicted molar refractivity (Wildman–Crippen MR) is 138 cm³/mol. The van der Waals surface area contributed by atoms with Gasteiger partial charge >= 0.3 is 5.97 Å². The first-order valence-corrected chi connectivity index (χ1v) is 12.1. The maximum absolute atomic E-state index is 12.9. The monoisotopic (exact) mass is 515 g/mol. The fourth-order valence-electron chi connectivity index (χ4n) is 3.38. The number of ether oxygens (including phenoxy) is 2. The molecule has 35 heavy (non-hydrogen) atoms. The second-order valence-electron chi connectivity index (χ2n) is 7.84. The molecule has 3 aromatic carbocycles. The Morgan fingerprint density at radius 2 is 1.63 bits per heavy atom. The van der Waals surface area contributed by atoms with Gasteiger partial charge in [-0.1, -0.05) is 43.1 Å². The highest BCUT2D eigenvalue weighted by atomic mass is 35.5. The van der Waals surface area contributed by atoms with Gasteiger partial charge in [0.2, 0.25) is 0 Å². The zero-order chi connectivity index (χ0) is 25.4. The number of rotatable bonds is 11. The molecule has 0 aliphatic carbocycles. The van der Waals surface area contributed by atoms with Crippen molar-refractivity contribution in [1.82, 2.24) is 5.32 Å². The number of carboxylic acid groups (broad SMARTS) is 1. The summed E-state index contributed by atoms with van der Waals surface area (Å²) < 4.78 is 11.4. The predicted octanol–water partition coefficient (Wildman–Crippen LogP) is 6.87. The van der Waals surface area contributed by atoms with Crippen molar-refractivity contribution in [3.8, 4) is 22.6 Å². The van der Waals surface area contributed by atoms with Crippen LogP contribution in [0.4, 0.5) is 0 Å². The average Bonchev–Trinajstić information content (AvgIpc) is 2.85. The Labute approximate surface area is 214 Å². The minimum Gasteiger partial charge on any atom is -0.494 e. The third-order valence-corrected chi connectivity index (χ3v) is 5.79. The normalized spacial score (nSPS) is 10.6. The van der Waals surface area contributed by atoms with E-state index in [1.165, 1.54) is 12.1 Å². The van der Waals surface area contributed by atoms with Crippen molar-refractivity contribution in [2.24, 2.45) is 0 Å². The highest BCUT2D eigenvalue weighted by Gasteiger charge is 2.15. The summed E-state index contributed by atoms with van der Waals surface area (Å²) in [4.78, 5) is 24.3. The quantitative estimate of drug-likeness (QED) is 0.291. The lowest BCUT2D eigenvalue weighted by Gasteiger charge is -2.15. The van der Waals surface area contributed by atoms with Crippen LogP contribution in [0.2, 0.25) is 10.0 Å². The summed E-state index contributed by atoms with van der Waals surface area (Å²) in [6.45, 7) is 5.27. The Morgan fingerprint density at radius 3 is 2.31 bits per heavy atom. The van der Waals surface area contributed by atoms with E-state index in [9.17, 15) is 14.7 Å². The largest absolute Gasteiger partial charge is 0.494 e. The summed E-state index contributed by atoms with van der Waals surface area (Å²) in [5, 5.41) is 13.0. The van der Waals surface area contributed by atoms with Gasteiger partial charge in [0.05, 0.1) is 29.4 Å². The van der Waals surface area contributed by atoms with E-state index < -0.39 is 5.97 Å². The van der Waals surface area contributed by atoms with Gasteiger partial charge in [-0.2, -0.15) is 0 Å². The molecule has 0 heterocycles. The van der Waals surface area contributed by atoms with Gasteiger partial charge < -0.3 is 19.9 Å². The van der Waals surface area contributed by atoms with Crippen LogP contribution in [-0.2, 0) is 6.54 Å². The highest BCUT2D eigenvalue weighted by molar-refractivity contribution is 6.34. The third-order valence-electron chi connectivity index (χ3n) is 5.14. The molecule has 0 bridgehead atoms. The summed E-state index contributed by atoms with van der Waals surface area (Å²) in [6.07, 6.45) is 1.69. The molecule has 2 N–H and O–H groups in total. The summed E-state index contributed by atoms with van der Waals surface area (Å²) in [5.41, 5.74) is 2.47. The molecule has 184 valence electrons. The summed E-state index contributed by atoms with van der Waals surface area (Å²) in [6, 6.07) is 14.9. The molecule has 0 spiro atoms. The van der Waals surface area contributed by atoms with Crippen molar-refractivity contribution in [1.29, 1.82) is 0 Å². The summed E-state index contributed by atoms with van der Waals surface area (Å²) in [5.74, 6) is -0.149. The van der Waals surface area contributed by atoms with Crippen molar-refractivity contribution < 1.29 is 24.2 Å². The van der Waals surface area contributed by atoms with Gasteiger partial charge in [0.1, 0.15) is 11.5 Å². The maximum Gasteiger partial charge on any atom is 0.335 e. The van der Waals surface area contributed by atoms with E-state index in [1.54, 1.807) is 30.3 Å². The van der Waals surface area contributed by atoms with Gasteiger partial charge in [0.15, 0.2) is 0 Å². The second-order valence-corrected chi connectivity index (χ2v) is 8.66. The molecule has 0 aliphatic rings. The number of carbonyl (C=O) groups is 2. The lowest BCUT2D eigenvalue weighted by molar-refractivity contribution is 0.0696. The topological polar surface area (TPSA) is 84.9 Å². The lowest BCUT2D eigenvalue weighted by Crippen LogP contribution is -2.23. The van der Waals surface area contributed by atoms with E-state index in [0.29, 0.717) is 51.4 Å². The van der Waals surface area contributed by atoms with Crippen molar-refractivity contribution in [3.63, 3.8) is 0 Å². The van der Waals surface area contributed by atoms with E-state index in [-0.39, 0.29) is 18.0 Å². The number of nitrogens with one attached hydrogen (secondary N) is 1. The van der Waals surface area contributed by atoms with E-state index in [1.807, 2.05) is 26.0 Å². The Hall–Kier alpha value is -3.22. The molecule has 0 saturated carbocycles. The van der Waals surface area contributed by atoms with E-state index in [4.69, 9.17) is 32.7 Å². The first-order chi connectivity index (χ1) is 16.8. The fraction of sp³-hybridized carbons (Fsp3) is 0.259. The highest BCUT2D eigenvalue weighted by Crippen LogP contribution is 2.33. The minimum absolute atomic E-state index is 0.131. The van der Waals surface area contributed by atoms with Crippen LogP contribution in [-0.4, -0.2) is 30.2 Å². The zero-order valence-electron chi connectivity index (χ0n) is 19.6. The van der Waals surface area contributed by atoms with E-state index in [2.05, 4.69) is 5.32 Å². The number of benzene rings is 3. The number of halogens is 2. The van der Waals surface area contributed by atoms with Crippen molar-refractivity contribution in [2.45, 2.75) is 33.2 Å². The Morgan fingerprint density at radius 1 is 0.886 bits per heavy atom.